The van der Waals surface area contributed by atoms with Crippen molar-refractivity contribution in [3.8, 4) is 5.75 Å². The van der Waals surface area contributed by atoms with Gasteiger partial charge in [0, 0.05) is 0 Å². The van der Waals surface area contributed by atoms with Crippen LogP contribution in [-0.2, 0) is 0 Å². The molecule has 0 heterocycles. The maximum absolute atomic E-state index is 9.97. The predicted molar refractivity (Wildman–Crippen MR) is 68.0 cm³/mol. The van der Waals surface area contributed by atoms with E-state index in [2.05, 4.69) is 19.9 Å². The fourth-order valence-electron chi connectivity index (χ4n) is 2.67. The molecule has 1 heteroatoms. The Morgan fingerprint density at radius 3 is 2.44 bits per heavy atom. The van der Waals surface area contributed by atoms with Crippen LogP contribution in [0.5, 0.6) is 5.75 Å². The zero-order valence-corrected chi connectivity index (χ0v) is 10.4. The molecule has 0 saturated heterocycles. The molecule has 0 amide bonds. The van der Waals surface area contributed by atoms with E-state index in [1.165, 1.54) is 43.2 Å². The molecule has 0 unspecified atom stereocenters. The Bertz CT molecular complexity index is 348. The average molecular weight is 218 g/mol. The molecule has 0 atom stereocenters. The molecule has 0 aromatic heterocycles. The summed E-state index contributed by atoms with van der Waals surface area (Å²) in [5.41, 5.74) is 2.53. The van der Waals surface area contributed by atoms with Gasteiger partial charge in [0.05, 0.1) is 0 Å². The minimum atomic E-state index is 0.497. The van der Waals surface area contributed by atoms with Crippen LogP contribution in [0, 0.1) is 0 Å². The van der Waals surface area contributed by atoms with Crippen molar-refractivity contribution in [1.29, 1.82) is 0 Å². The Morgan fingerprint density at radius 1 is 1.12 bits per heavy atom. The Kier molecular flexibility index (Phi) is 3.52. The molecule has 0 radical (unpaired) electrons. The summed E-state index contributed by atoms with van der Waals surface area (Å²) in [4.78, 5) is 0. The summed E-state index contributed by atoms with van der Waals surface area (Å²) in [5, 5.41) is 9.97. The van der Waals surface area contributed by atoms with Gasteiger partial charge in [-0.3, -0.25) is 0 Å². The average Bonchev–Trinajstić information content (AvgIpc) is 2.30. The van der Waals surface area contributed by atoms with Crippen molar-refractivity contribution in [3.63, 3.8) is 0 Å². The molecular formula is C15H22O. The fraction of sp³-hybridized carbons (Fsp3) is 0.600. The third-order valence-corrected chi connectivity index (χ3v) is 3.76. The van der Waals surface area contributed by atoms with E-state index in [4.69, 9.17) is 0 Å². The van der Waals surface area contributed by atoms with E-state index in [0.29, 0.717) is 17.6 Å². The van der Waals surface area contributed by atoms with Gasteiger partial charge in [-0.15, -0.1) is 0 Å². The second-order valence-corrected chi connectivity index (χ2v) is 5.31. The van der Waals surface area contributed by atoms with Gasteiger partial charge in [-0.05, 0) is 41.9 Å². The molecule has 2 rings (SSSR count). The van der Waals surface area contributed by atoms with Crippen LogP contribution in [0.1, 0.15) is 68.9 Å². The lowest BCUT2D eigenvalue weighted by atomic mass is 9.82. The van der Waals surface area contributed by atoms with E-state index >= 15 is 0 Å². The van der Waals surface area contributed by atoms with Gasteiger partial charge >= 0.3 is 0 Å². The maximum atomic E-state index is 9.97. The van der Waals surface area contributed by atoms with Crippen LogP contribution < -0.4 is 0 Å². The number of benzene rings is 1. The maximum Gasteiger partial charge on any atom is 0.119 e. The van der Waals surface area contributed by atoms with E-state index in [-0.39, 0.29) is 0 Å². The fourth-order valence-corrected chi connectivity index (χ4v) is 2.67. The minimum absolute atomic E-state index is 0.497. The van der Waals surface area contributed by atoms with Gasteiger partial charge in [0.15, 0.2) is 0 Å². The van der Waals surface area contributed by atoms with Crippen molar-refractivity contribution < 1.29 is 5.11 Å². The molecule has 0 spiro atoms. The molecule has 1 aromatic rings. The normalized spacial score (nSPS) is 17.9. The van der Waals surface area contributed by atoms with Gasteiger partial charge in [0.2, 0.25) is 0 Å². The molecule has 1 aromatic carbocycles. The van der Waals surface area contributed by atoms with Crippen LogP contribution in [-0.4, -0.2) is 5.11 Å². The Labute approximate surface area is 98.5 Å². The first-order chi connectivity index (χ1) is 7.68. The lowest BCUT2D eigenvalue weighted by molar-refractivity contribution is 0.414. The van der Waals surface area contributed by atoms with Gasteiger partial charge in [0.1, 0.15) is 5.75 Å². The van der Waals surface area contributed by atoms with Crippen molar-refractivity contribution in [2.24, 2.45) is 0 Å². The third kappa shape index (κ3) is 2.40. The molecule has 88 valence electrons. The summed E-state index contributed by atoms with van der Waals surface area (Å²) >= 11 is 0. The Balaban J connectivity index is 2.27. The molecule has 0 aliphatic heterocycles. The lowest BCUT2D eigenvalue weighted by Gasteiger charge is -2.23. The first kappa shape index (κ1) is 11.5. The van der Waals surface area contributed by atoms with Crippen LogP contribution in [0.3, 0.4) is 0 Å². The van der Waals surface area contributed by atoms with Crippen molar-refractivity contribution in [1.82, 2.24) is 0 Å². The first-order valence-corrected chi connectivity index (χ1v) is 6.51. The zero-order chi connectivity index (χ0) is 11.5. The topological polar surface area (TPSA) is 20.2 Å². The summed E-state index contributed by atoms with van der Waals surface area (Å²) in [7, 11) is 0. The van der Waals surface area contributed by atoms with E-state index in [0.717, 1.165) is 0 Å². The molecule has 0 bridgehead atoms. The first-order valence-electron chi connectivity index (χ1n) is 6.51. The summed E-state index contributed by atoms with van der Waals surface area (Å²) in [6.07, 6.45) is 6.48. The summed E-state index contributed by atoms with van der Waals surface area (Å²) in [6.45, 7) is 4.41. The quantitative estimate of drug-likeness (QED) is 0.771. The predicted octanol–water partition coefficient (Wildman–Crippen LogP) is 4.56. The Hall–Kier alpha value is -0.980. The second kappa shape index (κ2) is 4.90. The van der Waals surface area contributed by atoms with Crippen LogP contribution in [0.25, 0.3) is 0 Å². The van der Waals surface area contributed by atoms with Crippen LogP contribution in [0.4, 0.5) is 0 Å². The molecule has 1 aliphatic rings. The lowest BCUT2D eigenvalue weighted by Crippen LogP contribution is -2.05. The third-order valence-electron chi connectivity index (χ3n) is 3.76. The van der Waals surface area contributed by atoms with Gasteiger partial charge in [-0.25, -0.2) is 0 Å². The van der Waals surface area contributed by atoms with Crippen molar-refractivity contribution >= 4 is 0 Å². The standard InChI is InChI=1S/C15H22O/c1-11(2)13-8-9-15(16)14(10-13)12-6-4-3-5-7-12/h8-12,16H,3-7H2,1-2H3. The van der Waals surface area contributed by atoms with Gasteiger partial charge < -0.3 is 5.11 Å². The van der Waals surface area contributed by atoms with Crippen molar-refractivity contribution in [2.45, 2.75) is 57.8 Å². The number of phenolic OH excluding ortho intramolecular Hbond substituents is 1. The van der Waals surface area contributed by atoms with Crippen LogP contribution in [0.15, 0.2) is 18.2 Å². The molecule has 1 N–H and O–H groups in total. The van der Waals surface area contributed by atoms with Gasteiger partial charge in [0.25, 0.3) is 0 Å². The largest absolute Gasteiger partial charge is 0.508 e. The minimum Gasteiger partial charge on any atom is -0.508 e. The van der Waals surface area contributed by atoms with Crippen LogP contribution >= 0.6 is 0 Å². The van der Waals surface area contributed by atoms with E-state index in [1.807, 2.05) is 12.1 Å². The summed E-state index contributed by atoms with van der Waals surface area (Å²) in [6, 6.07) is 6.14. The molecule has 1 aliphatic carbocycles. The van der Waals surface area contributed by atoms with E-state index < -0.39 is 0 Å². The number of aromatic hydroxyl groups is 1. The number of hydrogen-bond donors (Lipinski definition) is 1. The van der Waals surface area contributed by atoms with Crippen LogP contribution in [0.2, 0.25) is 0 Å². The smallest absolute Gasteiger partial charge is 0.119 e. The highest BCUT2D eigenvalue weighted by atomic mass is 16.3. The second-order valence-electron chi connectivity index (χ2n) is 5.31. The summed E-state index contributed by atoms with van der Waals surface area (Å²) in [5.74, 6) is 1.63. The molecule has 1 nitrogen and oxygen atoms in total. The number of rotatable bonds is 2. The number of hydrogen-bond acceptors (Lipinski definition) is 1. The molecule has 16 heavy (non-hydrogen) atoms. The van der Waals surface area contributed by atoms with E-state index in [1.54, 1.807) is 0 Å². The van der Waals surface area contributed by atoms with E-state index in [9.17, 15) is 5.11 Å². The monoisotopic (exact) mass is 218 g/mol. The van der Waals surface area contributed by atoms with Gasteiger partial charge in [-0.2, -0.15) is 0 Å². The molecule has 1 saturated carbocycles. The molecule has 1 fully saturated rings. The highest BCUT2D eigenvalue weighted by molar-refractivity contribution is 5.39. The highest BCUT2D eigenvalue weighted by Gasteiger charge is 2.19. The molecular weight excluding hydrogens is 196 g/mol. The zero-order valence-electron chi connectivity index (χ0n) is 10.4. The van der Waals surface area contributed by atoms with Gasteiger partial charge in [-0.1, -0.05) is 45.2 Å². The highest BCUT2D eigenvalue weighted by Crippen LogP contribution is 2.38. The Morgan fingerprint density at radius 2 is 1.81 bits per heavy atom. The summed E-state index contributed by atoms with van der Waals surface area (Å²) < 4.78 is 0. The number of phenols is 1. The van der Waals surface area contributed by atoms with Crippen molar-refractivity contribution in [2.75, 3.05) is 0 Å². The SMILES string of the molecule is CC(C)c1ccc(O)c(C2CCCCC2)c1. The van der Waals surface area contributed by atoms with Crippen molar-refractivity contribution in [3.05, 3.63) is 29.3 Å².